The highest BCUT2D eigenvalue weighted by Gasteiger charge is 2.21. The highest BCUT2D eigenvalue weighted by atomic mass is 16.5. The smallest absolute Gasteiger partial charge is 0.356 e. The van der Waals surface area contributed by atoms with Gasteiger partial charge in [-0.1, -0.05) is 12.1 Å². The van der Waals surface area contributed by atoms with Crippen LogP contribution < -0.4 is 17.2 Å². The van der Waals surface area contributed by atoms with Crippen LogP contribution in [0.3, 0.4) is 0 Å². The maximum Gasteiger partial charge on any atom is 0.356 e. The summed E-state index contributed by atoms with van der Waals surface area (Å²) in [5.41, 5.74) is 15.8. The van der Waals surface area contributed by atoms with E-state index in [0.29, 0.717) is 11.1 Å². The minimum atomic E-state index is -1.36. The van der Waals surface area contributed by atoms with Crippen LogP contribution in [0.5, 0.6) is 0 Å². The van der Waals surface area contributed by atoms with Crippen molar-refractivity contribution in [2.24, 2.45) is 17.2 Å². The Morgan fingerprint density at radius 1 is 1.00 bits per heavy atom. The van der Waals surface area contributed by atoms with Crippen molar-refractivity contribution < 1.29 is 38.6 Å². The number of aromatic nitrogens is 3. The number of rotatable bonds is 6. The van der Waals surface area contributed by atoms with Crippen LogP contribution in [0.4, 0.5) is 0 Å². The van der Waals surface area contributed by atoms with Crippen LogP contribution in [0.15, 0.2) is 36.5 Å². The van der Waals surface area contributed by atoms with Crippen molar-refractivity contribution in [1.82, 2.24) is 14.6 Å². The van der Waals surface area contributed by atoms with E-state index in [9.17, 15) is 24.0 Å². The molecule has 2 amide bonds. The number of methoxy groups -OCH3 is 2. The third-order valence-electron chi connectivity index (χ3n) is 4.35. The lowest BCUT2D eigenvalue weighted by atomic mass is 10.1. The number of nitrogens with two attached hydrogens (primary N) is 3. The van der Waals surface area contributed by atoms with E-state index in [1.807, 2.05) is 0 Å². The summed E-state index contributed by atoms with van der Waals surface area (Å²) in [7, 11) is 2.43. The second kappa shape index (κ2) is 10.6. The molecule has 3 aromatic rings. The number of carbonyl (C=O) groups excluding carboxylic acids is 4. The fraction of sp³-hybridized carbons (Fsp3) is 0.150. The van der Waals surface area contributed by atoms with Crippen LogP contribution in [0.1, 0.15) is 53.3 Å². The summed E-state index contributed by atoms with van der Waals surface area (Å²) >= 11 is 0. The molecular weight excluding hydrogens is 452 g/mol. The molecule has 2 heterocycles. The van der Waals surface area contributed by atoms with Gasteiger partial charge in [0, 0.05) is 6.07 Å². The molecular formula is C20H20N6O8. The molecule has 0 unspecified atom stereocenters. The first-order valence-electron chi connectivity index (χ1n) is 9.25. The van der Waals surface area contributed by atoms with Crippen LogP contribution in [-0.2, 0) is 14.3 Å². The number of ether oxygens (including phenoxy) is 2. The summed E-state index contributed by atoms with van der Waals surface area (Å²) in [6, 6.07) is 6.35. The molecule has 178 valence electrons. The number of carboxylic acids is 1. The Morgan fingerprint density at radius 3 is 2.06 bits per heavy atom. The second-order valence-corrected chi connectivity index (χ2v) is 6.47. The molecule has 0 bridgehead atoms. The average molecular weight is 472 g/mol. The molecule has 2 aromatic heterocycles. The Kier molecular flexibility index (Phi) is 7.96. The van der Waals surface area contributed by atoms with Crippen molar-refractivity contribution >= 4 is 35.4 Å². The standard InChI is InChI=1S/C10H8N4O5.C10H12N2O3/c1-19-10(18)6-2-5(9(16)17)13-8-4(7(11)15)3-12-14(6)8;1-15-10(14)7-4-2-6(3-5-7)8(11)9(12)13/h2-3H,1H3,(H2,11,15)(H,16,17);2-5,8H,11H2,1H3,(H2,12,13)/t;8-/m.1/s1. The van der Waals surface area contributed by atoms with Crippen molar-refractivity contribution in [3.63, 3.8) is 0 Å². The van der Waals surface area contributed by atoms with Gasteiger partial charge in [0.05, 0.1) is 26.0 Å². The van der Waals surface area contributed by atoms with E-state index >= 15 is 0 Å². The Hall–Kier alpha value is -4.85. The number of carboxylic acid groups (broad SMARTS) is 1. The van der Waals surface area contributed by atoms with Crippen molar-refractivity contribution in [1.29, 1.82) is 0 Å². The van der Waals surface area contributed by atoms with Crippen LogP contribution in [-0.4, -0.2) is 63.6 Å². The van der Waals surface area contributed by atoms with Crippen molar-refractivity contribution in [3.8, 4) is 0 Å². The van der Waals surface area contributed by atoms with Crippen LogP contribution in [0, 0.1) is 0 Å². The highest BCUT2D eigenvalue weighted by Crippen LogP contribution is 2.14. The molecule has 7 N–H and O–H groups in total. The second-order valence-electron chi connectivity index (χ2n) is 6.47. The summed E-state index contributed by atoms with van der Waals surface area (Å²) in [5, 5.41) is 12.7. The molecule has 14 heteroatoms. The molecule has 0 fully saturated rings. The predicted octanol–water partition coefficient (Wildman–Crippen LogP) is -0.729. The van der Waals surface area contributed by atoms with Gasteiger partial charge < -0.3 is 31.8 Å². The van der Waals surface area contributed by atoms with Gasteiger partial charge in [-0.05, 0) is 17.7 Å². The number of esters is 2. The van der Waals surface area contributed by atoms with E-state index in [0.717, 1.165) is 23.9 Å². The maximum atomic E-state index is 11.6. The maximum absolute atomic E-state index is 11.6. The van der Waals surface area contributed by atoms with Crippen molar-refractivity contribution in [2.45, 2.75) is 6.04 Å². The summed E-state index contributed by atoms with van der Waals surface area (Å²) in [4.78, 5) is 59.3. The molecule has 0 saturated carbocycles. The zero-order valence-corrected chi connectivity index (χ0v) is 17.9. The number of aromatic carboxylic acids is 1. The Balaban J connectivity index is 0.000000248. The summed E-state index contributed by atoms with van der Waals surface area (Å²) in [6.45, 7) is 0. The lowest BCUT2D eigenvalue weighted by Crippen LogP contribution is -2.28. The number of fused-ring (bicyclic) bond motifs is 1. The van der Waals surface area contributed by atoms with Crippen molar-refractivity contribution in [3.05, 3.63) is 64.6 Å². The molecule has 34 heavy (non-hydrogen) atoms. The van der Waals surface area contributed by atoms with Gasteiger partial charge in [-0.15, -0.1) is 0 Å². The number of nitrogens with zero attached hydrogens (tertiary/aromatic N) is 3. The van der Waals surface area contributed by atoms with Gasteiger partial charge in [-0.3, -0.25) is 9.59 Å². The molecule has 0 saturated heterocycles. The summed E-state index contributed by atoms with van der Waals surface area (Å²) < 4.78 is 10.0. The SMILES string of the molecule is COC(=O)c1cc(C(=O)O)nc2c(C(N)=O)cnn12.COC(=O)c1ccc([C@@H](N)C(N)=O)cc1. The first kappa shape index (κ1) is 25.4. The number of hydrogen-bond acceptors (Lipinski definition) is 10. The van der Waals surface area contributed by atoms with Gasteiger partial charge in [0.25, 0.3) is 5.91 Å². The van der Waals surface area contributed by atoms with Gasteiger partial charge in [-0.25, -0.2) is 23.9 Å². The fourth-order valence-electron chi connectivity index (χ4n) is 2.60. The minimum Gasteiger partial charge on any atom is -0.477 e. The third kappa shape index (κ3) is 5.49. The van der Waals surface area contributed by atoms with Gasteiger partial charge in [0.2, 0.25) is 5.91 Å². The number of hydrogen-bond donors (Lipinski definition) is 4. The first-order valence-corrected chi connectivity index (χ1v) is 9.25. The van der Waals surface area contributed by atoms with E-state index in [-0.39, 0.29) is 16.9 Å². The Morgan fingerprint density at radius 2 is 1.59 bits per heavy atom. The van der Waals surface area contributed by atoms with Gasteiger partial charge in [0.1, 0.15) is 11.6 Å². The minimum absolute atomic E-state index is 0.0896. The summed E-state index contributed by atoms with van der Waals surface area (Å²) in [5.74, 6) is -4.05. The normalized spacial score (nSPS) is 11.0. The molecule has 14 nitrogen and oxygen atoms in total. The molecule has 1 atom stereocenters. The van der Waals surface area contributed by atoms with E-state index in [4.69, 9.17) is 22.3 Å². The number of primary amides is 2. The zero-order valence-electron chi connectivity index (χ0n) is 17.9. The molecule has 0 radical (unpaired) electrons. The molecule has 0 aliphatic rings. The first-order chi connectivity index (χ1) is 16.0. The molecule has 3 rings (SSSR count). The van der Waals surface area contributed by atoms with E-state index in [2.05, 4.69) is 19.6 Å². The topological polar surface area (TPSA) is 232 Å². The Bertz CT molecular complexity index is 1270. The van der Waals surface area contributed by atoms with Gasteiger partial charge in [-0.2, -0.15) is 5.10 Å². The number of benzene rings is 1. The lowest BCUT2D eigenvalue weighted by Gasteiger charge is -2.07. The quantitative estimate of drug-likeness (QED) is 0.326. The van der Waals surface area contributed by atoms with E-state index < -0.39 is 41.5 Å². The fourth-order valence-corrected chi connectivity index (χ4v) is 2.60. The average Bonchev–Trinajstić information content (AvgIpc) is 3.26. The molecule has 1 aromatic carbocycles. The van der Waals surface area contributed by atoms with Crippen LogP contribution >= 0.6 is 0 Å². The lowest BCUT2D eigenvalue weighted by molar-refractivity contribution is -0.119. The van der Waals surface area contributed by atoms with Gasteiger partial charge in [0.15, 0.2) is 17.0 Å². The largest absolute Gasteiger partial charge is 0.477 e. The molecule has 0 aliphatic heterocycles. The summed E-state index contributed by atoms with van der Waals surface area (Å²) in [6.07, 6.45) is 1.10. The Labute approximate surface area is 191 Å². The van der Waals surface area contributed by atoms with Gasteiger partial charge >= 0.3 is 17.9 Å². The van der Waals surface area contributed by atoms with Crippen molar-refractivity contribution in [2.75, 3.05) is 14.2 Å². The highest BCUT2D eigenvalue weighted by molar-refractivity contribution is 6.00. The molecule has 0 spiro atoms. The predicted molar refractivity (Wildman–Crippen MR) is 114 cm³/mol. The number of carbonyl (C=O) groups is 5. The monoisotopic (exact) mass is 472 g/mol. The van der Waals surface area contributed by atoms with E-state index in [1.54, 1.807) is 12.1 Å². The zero-order chi connectivity index (χ0) is 25.6. The van der Waals surface area contributed by atoms with Crippen LogP contribution in [0.25, 0.3) is 5.65 Å². The van der Waals surface area contributed by atoms with Crippen LogP contribution in [0.2, 0.25) is 0 Å². The number of amides is 2. The van der Waals surface area contributed by atoms with E-state index in [1.165, 1.54) is 19.2 Å². The molecule has 0 aliphatic carbocycles. The third-order valence-corrected chi connectivity index (χ3v) is 4.35.